The molecule has 0 radical (unpaired) electrons. The van der Waals surface area contributed by atoms with E-state index in [1.807, 2.05) is 0 Å². The highest BCUT2D eigenvalue weighted by Gasteiger charge is 2.21. The van der Waals surface area contributed by atoms with Crippen LogP contribution in [0, 0.1) is 0 Å². The van der Waals surface area contributed by atoms with Crippen molar-refractivity contribution in [3.8, 4) is 0 Å². The smallest absolute Gasteiger partial charge is 0.319 e. The molecule has 1 aromatic carbocycles. The Kier molecular flexibility index (Phi) is 5.40. The third kappa shape index (κ3) is 4.91. The molecule has 6 heteroatoms. The molecule has 1 rings (SSSR count). The lowest BCUT2D eigenvalue weighted by molar-refractivity contribution is -0.0133. The highest BCUT2D eigenvalue weighted by molar-refractivity contribution is 6.33. The molecule has 2 amide bonds. The van der Waals surface area contributed by atoms with E-state index in [1.165, 1.54) is 7.11 Å². The van der Waals surface area contributed by atoms with Crippen LogP contribution in [0.3, 0.4) is 0 Å². The summed E-state index contributed by atoms with van der Waals surface area (Å²) in [7, 11) is 1.48. The fourth-order valence-electron chi connectivity index (χ4n) is 1.36. The molecule has 18 heavy (non-hydrogen) atoms. The van der Waals surface area contributed by atoms with E-state index in [9.17, 15) is 9.90 Å². The van der Waals surface area contributed by atoms with E-state index in [0.29, 0.717) is 10.7 Å². The number of methoxy groups -OCH3 is 1. The van der Waals surface area contributed by atoms with Crippen molar-refractivity contribution in [2.75, 3.05) is 25.6 Å². The van der Waals surface area contributed by atoms with Crippen molar-refractivity contribution >= 4 is 23.3 Å². The van der Waals surface area contributed by atoms with Gasteiger partial charge >= 0.3 is 6.03 Å². The van der Waals surface area contributed by atoms with E-state index >= 15 is 0 Å². The number of amides is 2. The molecule has 0 unspecified atom stereocenters. The molecule has 0 saturated carbocycles. The topological polar surface area (TPSA) is 70.6 Å². The van der Waals surface area contributed by atoms with Crippen molar-refractivity contribution in [2.45, 2.75) is 12.5 Å². The van der Waals surface area contributed by atoms with Crippen molar-refractivity contribution < 1.29 is 14.6 Å². The molecule has 0 saturated heterocycles. The monoisotopic (exact) mass is 272 g/mol. The number of ether oxygens (including phenoxy) is 1. The lowest BCUT2D eigenvalue weighted by Crippen LogP contribution is -2.45. The van der Waals surface area contributed by atoms with Crippen molar-refractivity contribution in [2.24, 2.45) is 0 Å². The van der Waals surface area contributed by atoms with Gasteiger partial charge in [-0.05, 0) is 19.1 Å². The van der Waals surface area contributed by atoms with Gasteiger partial charge in [0.05, 0.1) is 23.9 Å². The zero-order valence-electron chi connectivity index (χ0n) is 10.4. The van der Waals surface area contributed by atoms with Crippen LogP contribution in [0.25, 0.3) is 0 Å². The number of urea groups is 1. The molecular formula is C12H17ClN2O3. The maximum absolute atomic E-state index is 11.6. The molecule has 0 aliphatic heterocycles. The predicted molar refractivity (Wildman–Crippen MR) is 71.0 cm³/mol. The number of hydrogen-bond acceptors (Lipinski definition) is 3. The minimum Gasteiger partial charge on any atom is -0.386 e. The van der Waals surface area contributed by atoms with E-state index in [2.05, 4.69) is 10.6 Å². The molecule has 100 valence electrons. The standard InChI is InChI=1S/C12H17ClN2O3/c1-12(17,8-18-2)7-14-11(16)15-10-6-4-3-5-9(10)13/h3-6,17H,7-8H2,1-2H3,(H2,14,15,16)/t12-/m0/s1. The van der Waals surface area contributed by atoms with Gasteiger partial charge in [-0.1, -0.05) is 23.7 Å². The Balaban J connectivity index is 2.46. The molecule has 0 fully saturated rings. The van der Waals surface area contributed by atoms with E-state index in [-0.39, 0.29) is 13.2 Å². The molecular weight excluding hydrogens is 256 g/mol. The summed E-state index contributed by atoms with van der Waals surface area (Å²) in [5, 5.41) is 15.4. The Hall–Kier alpha value is -1.30. The normalized spacial score (nSPS) is 13.8. The fourth-order valence-corrected chi connectivity index (χ4v) is 1.54. The molecule has 0 aliphatic rings. The van der Waals surface area contributed by atoms with Crippen LogP contribution >= 0.6 is 11.6 Å². The number of anilines is 1. The molecule has 0 aromatic heterocycles. The highest BCUT2D eigenvalue weighted by atomic mass is 35.5. The van der Waals surface area contributed by atoms with E-state index in [1.54, 1.807) is 31.2 Å². The third-order valence-electron chi connectivity index (χ3n) is 2.21. The summed E-state index contributed by atoms with van der Waals surface area (Å²) < 4.78 is 4.83. The van der Waals surface area contributed by atoms with Gasteiger partial charge in [-0.2, -0.15) is 0 Å². The van der Waals surface area contributed by atoms with Crippen molar-refractivity contribution in [3.63, 3.8) is 0 Å². The first-order valence-electron chi connectivity index (χ1n) is 5.45. The van der Waals surface area contributed by atoms with Crippen LogP contribution in [0.2, 0.25) is 5.02 Å². The quantitative estimate of drug-likeness (QED) is 0.766. The second kappa shape index (κ2) is 6.58. The summed E-state index contributed by atoms with van der Waals surface area (Å²) >= 11 is 5.90. The number of aliphatic hydroxyl groups is 1. The first kappa shape index (κ1) is 14.8. The van der Waals surface area contributed by atoms with Crippen LogP contribution in [0.15, 0.2) is 24.3 Å². The molecule has 0 spiro atoms. The van der Waals surface area contributed by atoms with E-state index in [0.717, 1.165) is 0 Å². The zero-order valence-corrected chi connectivity index (χ0v) is 11.1. The second-order valence-electron chi connectivity index (χ2n) is 4.22. The van der Waals surface area contributed by atoms with Crippen molar-refractivity contribution in [1.82, 2.24) is 5.32 Å². The number of para-hydroxylation sites is 1. The van der Waals surface area contributed by atoms with Crippen molar-refractivity contribution in [1.29, 1.82) is 0 Å². The molecule has 0 heterocycles. The Labute approximate surface area is 111 Å². The largest absolute Gasteiger partial charge is 0.386 e. The SMILES string of the molecule is COC[C@@](C)(O)CNC(=O)Nc1ccccc1Cl. The maximum atomic E-state index is 11.6. The molecule has 1 atom stereocenters. The van der Waals surface area contributed by atoms with Gasteiger partial charge in [0.25, 0.3) is 0 Å². The second-order valence-corrected chi connectivity index (χ2v) is 4.62. The van der Waals surface area contributed by atoms with Gasteiger partial charge in [0, 0.05) is 7.11 Å². The Bertz CT molecular complexity index is 410. The van der Waals surface area contributed by atoms with Crippen LogP contribution in [0.1, 0.15) is 6.92 Å². The number of hydrogen-bond donors (Lipinski definition) is 3. The summed E-state index contributed by atoms with van der Waals surface area (Å²) in [4.78, 5) is 11.6. The van der Waals surface area contributed by atoms with Gasteiger partial charge in [-0.25, -0.2) is 4.79 Å². The summed E-state index contributed by atoms with van der Waals surface area (Å²) in [6, 6.07) is 6.48. The van der Waals surface area contributed by atoms with E-state index in [4.69, 9.17) is 16.3 Å². The average Bonchev–Trinajstić information content (AvgIpc) is 2.30. The highest BCUT2D eigenvalue weighted by Crippen LogP contribution is 2.20. The van der Waals surface area contributed by atoms with Crippen LogP contribution in [-0.2, 0) is 4.74 Å². The van der Waals surface area contributed by atoms with Gasteiger partial charge in [0.1, 0.15) is 5.60 Å². The predicted octanol–water partition coefficient (Wildman–Crippen LogP) is 1.86. The van der Waals surface area contributed by atoms with Crippen molar-refractivity contribution in [3.05, 3.63) is 29.3 Å². The number of carbonyl (C=O) groups excluding carboxylic acids is 1. The maximum Gasteiger partial charge on any atom is 0.319 e. The average molecular weight is 273 g/mol. The van der Waals surface area contributed by atoms with Crippen LogP contribution in [-0.4, -0.2) is 37.0 Å². The third-order valence-corrected chi connectivity index (χ3v) is 2.54. The summed E-state index contributed by atoms with van der Waals surface area (Å²) in [6.07, 6.45) is 0. The molecule has 1 aromatic rings. The number of rotatable bonds is 5. The van der Waals surface area contributed by atoms with Gasteiger partial charge < -0.3 is 20.5 Å². The lowest BCUT2D eigenvalue weighted by atomic mass is 10.1. The fraction of sp³-hybridized carbons (Fsp3) is 0.417. The van der Waals surface area contributed by atoms with Crippen LogP contribution in [0.5, 0.6) is 0 Å². The minimum absolute atomic E-state index is 0.0805. The van der Waals surface area contributed by atoms with E-state index < -0.39 is 11.6 Å². The molecule has 0 aliphatic carbocycles. The van der Waals surface area contributed by atoms with Gasteiger partial charge in [-0.3, -0.25) is 0 Å². The van der Waals surface area contributed by atoms with Crippen LogP contribution < -0.4 is 10.6 Å². The van der Waals surface area contributed by atoms with Gasteiger partial charge in [0.15, 0.2) is 0 Å². The zero-order chi connectivity index (χ0) is 13.6. The first-order chi connectivity index (χ1) is 8.44. The van der Waals surface area contributed by atoms with Gasteiger partial charge in [0.2, 0.25) is 0 Å². The summed E-state index contributed by atoms with van der Waals surface area (Å²) in [5.41, 5.74) is -0.588. The minimum atomic E-state index is -1.10. The van der Waals surface area contributed by atoms with Gasteiger partial charge in [-0.15, -0.1) is 0 Å². The Morgan fingerprint density at radius 1 is 1.50 bits per heavy atom. The number of halogens is 1. The summed E-state index contributed by atoms with van der Waals surface area (Å²) in [6.45, 7) is 1.79. The molecule has 5 nitrogen and oxygen atoms in total. The summed E-state index contributed by atoms with van der Waals surface area (Å²) in [5.74, 6) is 0. The number of nitrogens with one attached hydrogen (secondary N) is 2. The van der Waals surface area contributed by atoms with Crippen LogP contribution in [0.4, 0.5) is 10.5 Å². The molecule has 3 N–H and O–H groups in total. The Morgan fingerprint density at radius 2 is 2.17 bits per heavy atom. The number of benzene rings is 1. The number of carbonyl (C=O) groups is 1. The lowest BCUT2D eigenvalue weighted by Gasteiger charge is -2.22. The molecule has 0 bridgehead atoms. The Morgan fingerprint density at radius 3 is 2.78 bits per heavy atom. The first-order valence-corrected chi connectivity index (χ1v) is 5.83.